The molecule has 1 unspecified atom stereocenters. The van der Waals surface area contributed by atoms with Crippen LogP contribution in [0.15, 0.2) is 41.5 Å². The first-order valence-electron chi connectivity index (χ1n) is 7.84. The number of hydrogen-bond donors (Lipinski definition) is 0. The zero-order valence-corrected chi connectivity index (χ0v) is 14.1. The zero-order valence-electron chi connectivity index (χ0n) is 14.1. The molecule has 2 heterocycles. The van der Waals surface area contributed by atoms with Crippen molar-refractivity contribution in [3.63, 3.8) is 0 Å². The van der Waals surface area contributed by atoms with Crippen LogP contribution in [-0.4, -0.2) is 24.5 Å². The molecule has 0 bridgehead atoms. The SMILES string of the molecule is COc1cc2c(cn1)N([C@H](C)c1cccc(C(F)(F)F)c1)C(C)N=C2. The van der Waals surface area contributed by atoms with Gasteiger partial charge >= 0.3 is 6.18 Å². The van der Waals surface area contributed by atoms with Crippen LogP contribution < -0.4 is 9.64 Å². The van der Waals surface area contributed by atoms with E-state index >= 15 is 0 Å². The van der Waals surface area contributed by atoms with E-state index in [9.17, 15) is 13.2 Å². The lowest BCUT2D eigenvalue weighted by atomic mass is 10.0. The number of hydrogen-bond acceptors (Lipinski definition) is 4. The van der Waals surface area contributed by atoms with Crippen molar-refractivity contribution in [1.29, 1.82) is 0 Å². The second kappa shape index (κ2) is 6.38. The maximum atomic E-state index is 13.0. The standard InChI is InChI=1S/C18H18F3N3O/c1-11(13-5-4-6-15(7-13)18(19,20)21)24-12(2)22-9-14-8-17(25-3)23-10-16(14)24/h4-12H,1-3H3/t11-,12?/m1/s1. The highest BCUT2D eigenvalue weighted by atomic mass is 19.4. The number of methoxy groups -OCH3 is 1. The van der Waals surface area contributed by atoms with E-state index < -0.39 is 11.7 Å². The van der Waals surface area contributed by atoms with Crippen LogP contribution in [0.4, 0.5) is 18.9 Å². The van der Waals surface area contributed by atoms with Gasteiger partial charge in [-0.2, -0.15) is 13.2 Å². The molecule has 0 N–H and O–H groups in total. The van der Waals surface area contributed by atoms with Gasteiger partial charge in [0.1, 0.15) is 6.17 Å². The Morgan fingerprint density at radius 2 is 2.00 bits per heavy atom. The predicted molar refractivity (Wildman–Crippen MR) is 90.2 cm³/mol. The summed E-state index contributed by atoms with van der Waals surface area (Å²) in [5.41, 5.74) is 1.55. The Morgan fingerprint density at radius 3 is 2.68 bits per heavy atom. The van der Waals surface area contributed by atoms with Gasteiger partial charge in [-0.15, -0.1) is 0 Å². The van der Waals surface area contributed by atoms with Crippen LogP contribution in [0.25, 0.3) is 0 Å². The topological polar surface area (TPSA) is 37.7 Å². The molecule has 0 saturated heterocycles. The van der Waals surface area contributed by atoms with E-state index in [-0.39, 0.29) is 12.2 Å². The van der Waals surface area contributed by atoms with Gasteiger partial charge in [0, 0.05) is 17.8 Å². The lowest BCUT2D eigenvalue weighted by Crippen LogP contribution is -2.37. The summed E-state index contributed by atoms with van der Waals surface area (Å²) in [6, 6.07) is 6.85. The van der Waals surface area contributed by atoms with Crippen molar-refractivity contribution in [2.24, 2.45) is 4.99 Å². The molecule has 0 fully saturated rings. The van der Waals surface area contributed by atoms with Gasteiger partial charge in [-0.25, -0.2) is 4.98 Å². The lowest BCUT2D eigenvalue weighted by Gasteiger charge is -2.38. The van der Waals surface area contributed by atoms with Crippen LogP contribution in [-0.2, 0) is 6.18 Å². The third-order valence-corrected chi connectivity index (χ3v) is 4.32. The number of aliphatic imine (C=N–C) groups is 1. The maximum absolute atomic E-state index is 13.0. The van der Waals surface area contributed by atoms with Crippen molar-refractivity contribution >= 4 is 11.9 Å². The van der Waals surface area contributed by atoms with Crippen LogP contribution in [0, 0.1) is 0 Å². The summed E-state index contributed by atoms with van der Waals surface area (Å²) in [4.78, 5) is 10.6. The molecule has 0 radical (unpaired) electrons. The van der Waals surface area contributed by atoms with Crippen LogP contribution in [0.1, 0.15) is 36.6 Å². The molecule has 0 amide bonds. The minimum atomic E-state index is -4.37. The first-order chi connectivity index (χ1) is 11.8. The highest BCUT2D eigenvalue weighted by Crippen LogP contribution is 2.37. The number of fused-ring (bicyclic) bond motifs is 1. The summed E-state index contributed by atoms with van der Waals surface area (Å²) < 4.78 is 44.2. The molecule has 2 atom stereocenters. The fourth-order valence-electron chi connectivity index (χ4n) is 3.00. The van der Waals surface area contributed by atoms with Crippen molar-refractivity contribution in [3.8, 4) is 5.88 Å². The molecule has 25 heavy (non-hydrogen) atoms. The van der Waals surface area contributed by atoms with Gasteiger partial charge in [0.25, 0.3) is 0 Å². The number of pyridine rings is 1. The number of alkyl halides is 3. The van der Waals surface area contributed by atoms with Crippen molar-refractivity contribution in [2.45, 2.75) is 32.2 Å². The first-order valence-corrected chi connectivity index (χ1v) is 7.84. The van der Waals surface area contributed by atoms with Crippen LogP contribution in [0.5, 0.6) is 5.88 Å². The van der Waals surface area contributed by atoms with Gasteiger partial charge in [-0.3, -0.25) is 4.99 Å². The summed E-state index contributed by atoms with van der Waals surface area (Å²) in [5.74, 6) is 0.464. The Kier molecular flexibility index (Phi) is 4.41. The fourth-order valence-corrected chi connectivity index (χ4v) is 3.00. The van der Waals surface area contributed by atoms with Gasteiger partial charge in [-0.05, 0) is 31.5 Å². The number of nitrogens with zero attached hydrogens (tertiary/aromatic N) is 3. The number of ether oxygens (including phenoxy) is 1. The van der Waals surface area contributed by atoms with Gasteiger partial charge < -0.3 is 9.64 Å². The van der Waals surface area contributed by atoms with E-state index in [4.69, 9.17) is 4.74 Å². The highest BCUT2D eigenvalue weighted by molar-refractivity contribution is 5.90. The highest BCUT2D eigenvalue weighted by Gasteiger charge is 2.32. The monoisotopic (exact) mass is 349 g/mol. The molecule has 132 valence electrons. The molecule has 0 spiro atoms. The van der Waals surface area contributed by atoms with E-state index in [2.05, 4.69) is 9.98 Å². The predicted octanol–water partition coefficient (Wildman–Crippen LogP) is 4.46. The molecule has 1 aromatic carbocycles. The van der Waals surface area contributed by atoms with E-state index in [0.29, 0.717) is 11.4 Å². The summed E-state index contributed by atoms with van der Waals surface area (Å²) in [7, 11) is 1.53. The fraction of sp³-hybridized carbons (Fsp3) is 0.333. The normalized spacial score (nSPS) is 18.0. The van der Waals surface area contributed by atoms with Crippen molar-refractivity contribution in [3.05, 3.63) is 53.2 Å². The molecule has 1 aromatic heterocycles. The second-order valence-corrected chi connectivity index (χ2v) is 5.90. The summed E-state index contributed by atoms with van der Waals surface area (Å²) >= 11 is 0. The van der Waals surface area contributed by atoms with Gasteiger partial charge in [0.05, 0.1) is 30.6 Å². The molecule has 4 nitrogen and oxygen atoms in total. The minimum Gasteiger partial charge on any atom is -0.481 e. The zero-order chi connectivity index (χ0) is 18.2. The molecule has 2 aromatic rings. The van der Waals surface area contributed by atoms with Crippen molar-refractivity contribution in [2.75, 3.05) is 12.0 Å². The Bertz CT molecular complexity index is 804. The quantitative estimate of drug-likeness (QED) is 0.821. The number of aromatic nitrogens is 1. The van der Waals surface area contributed by atoms with E-state index in [0.717, 1.165) is 17.3 Å². The molecular formula is C18H18F3N3O. The molecule has 0 saturated carbocycles. The minimum absolute atomic E-state index is 0.216. The van der Waals surface area contributed by atoms with Gasteiger partial charge in [0.15, 0.2) is 0 Å². The summed E-state index contributed by atoms with van der Waals surface area (Å²) in [6.07, 6.45) is -1.18. The molecule has 3 rings (SSSR count). The number of benzene rings is 1. The van der Waals surface area contributed by atoms with Crippen LogP contribution in [0.3, 0.4) is 0 Å². The van der Waals surface area contributed by atoms with Crippen LogP contribution in [0.2, 0.25) is 0 Å². The average Bonchev–Trinajstić information content (AvgIpc) is 2.60. The lowest BCUT2D eigenvalue weighted by molar-refractivity contribution is -0.137. The molecule has 1 aliphatic rings. The number of halogens is 3. The molecule has 7 heteroatoms. The molecular weight excluding hydrogens is 331 g/mol. The number of rotatable bonds is 3. The van der Waals surface area contributed by atoms with Crippen LogP contribution >= 0.6 is 0 Å². The van der Waals surface area contributed by atoms with Crippen molar-refractivity contribution in [1.82, 2.24) is 4.98 Å². The Hall–Kier alpha value is -2.57. The van der Waals surface area contributed by atoms with Crippen molar-refractivity contribution < 1.29 is 17.9 Å². The molecule has 0 aliphatic carbocycles. The van der Waals surface area contributed by atoms with Gasteiger partial charge in [0.2, 0.25) is 5.88 Å². The van der Waals surface area contributed by atoms with E-state index in [1.54, 1.807) is 24.5 Å². The number of anilines is 1. The second-order valence-electron chi connectivity index (χ2n) is 5.90. The third kappa shape index (κ3) is 3.31. The molecule has 1 aliphatic heterocycles. The summed E-state index contributed by atoms with van der Waals surface area (Å²) in [5, 5.41) is 0. The average molecular weight is 349 g/mol. The summed E-state index contributed by atoms with van der Waals surface area (Å²) in [6.45, 7) is 3.76. The first kappa shape index (κ1) is 17.3. The van der Waals surface area contributed by atoms with E-state index in [1.165, 1.54) is 19.2 Å². The van der Waals surface area contributed by atoms with Gasteiger partial charge in [-0.1, -0.05) is 12.1 Å². The Balaban J connectivity index is 2.00. The van der Waals surface area contributed by atoms with E-state index in [1.807, 2.05) is 18.7 Å². The smallest absolute Gasteiger partial charge is 0.416 e. The third-order valence-electron chi connectivity index (χ3n) is 4.32. The maximum Gasteiger partial charge on any atom is 0.416 e. The largest absolute Gasteiger partial charge is 0.481 e. The Morgan fingerprint density at radius 1 is 1.24 bits per heavy atom. The Labute approximate surface area is 144 Å².